The number of nitrogens with zero attached hydrogens (tertiary/aromatic N) is 3. The van der Waals surface area contributed by atoms with Crippen molar-refractivity contribution in [1.82, 2.24) is 19.8 Å². The van der Waals surface area contributed by atoms with Gasteiger partial charge in [-0.2, -0.15) is 0 Å². The number of halogens is 1. The summed E-state index contributed by atoms with van der Waals surface area (Å²) in [6, 6.07) is 5.29. The summed E-state index contributed by atoms with van der Waals surface area (Å²) in [5.41, 5.74) is 6.45. The summed E-state index contributed by atoms with van der Waals surface area (Å²) in [6.45, 7) is 9.10. The number of ether oxygens (including phenoxy) is 1. The fraction of sp³-hybridized carbons (Fsp3) is 0.400. The average Bonchev–Trinajstić information content (AvgIpc) is 3.37. The van der Waals surface area contributed by atoms with Crippen molar-refractivity contribution in [3.05, 3.63) is 64.9 Å². The summed E-state index contributed by atoms with van der Waals surface area (Å²) in [7, 11) is 2.02. The number of pyridine rings is 1. The molecule has 1 N–H and O–H groups in total. The van der Waals surface area contributed by atoms with Crippen LogP contribution in [0.3, 0.4) is 0 Å². The SMILES string of the molecule is Cc1cncc2c1c(/C=C1\CCNC1)cn2-c1ccc(F)cc1COCN(C)C(C)C. The van der Waals surface area contributed by atoms with Crippen molar-refractivity contribution < 1.29 is 9.13 Å². The Morgan fingerprint density at radius 2 is 2.16 bits per heavy atom. The molecule has 0 radical (unpaired) electrons. The highest BCUT2D eigenvalue weighted by Gasteiger charge is 2.16. The van der Waals surface area contributed by atoms with Crippen molar-refractivity contribution >= 4 is 17.0 Å². The highest BCUT2D eigenvalue weighted by atomic mass is 19.1. The molecule has 1 aromatic carbocycles. The number of benzene rings is 1. The Bertz CT molecular complexity index is 1090. The van der Waals surface area contributed by atoms with Gasteiger partial charge < -0.3 is 14.6 Å². The zero-order valence-corrected chi connectivity index (χ0v) is 18.8. The number of hydrogen-bond acceptors (Lipinski definition) is 4. The summed E-state index contributed by atoms with van der Waals surface area (Å²) >= 11 is 0. The number of aromatic nitrogens is 2. The first-order valence-electron chi connectivity index (χ1n) is 10.9. The van der Waals surface area contributed by atoms with Gasteiger partial charge in [-0.15, -0.1) is 0 Å². The third-order valence-electron chi connectivity index (χ3n) is 6.00. The van der Waals surface area contributed by atoms with Gasteiger partial charge in [0.05, 0.1) is 30.7 Å². The molecule has 164 valence electrons. The van der Waals surface area contributed by atoms with Crippen LogP contribution in [0.5, 0.6) is 0 Å². The molecule has 1 fully saturated rings. The van der Waals surface area contributed by atoms with Crippen LogP contribution < -0.4 is 5.32 Å². The van der Waals surface area contributed by atoms with Gasteiger partial charge in [0.15, 0.2) is 0 Å². The van der Waals surface area contributed by atoms with Crippen LogP contribution in [0.4, 0.5) is 4.39 Å². The zero-order valence-electron chi connectivity index (χ0n) is 18.8. The standard InChI is InChI=1S/C25H31FN4O/c1-17(2)29(4)16-31-15-21-10-22(26)5-6-23(21)30-14-20(9-19-7-8-27-12-19)25-18(3)11-28-13-24(25)30/h5-6,9-11,13-14,17,27H,7-8,12,15-16H2,1-4H3/b19-9+. The number of rotatable bonds is 7. The molecule has 4 rings (SSSR count). The molecule has 0 spiro atoms. The Morgan fingerprint density at radius 3 is 2.90 bits per heavy atom. The number of fused-ring (bicyclic) bond motifs is 1. The first kappa shape index (κ1) is 21.7. The van der Waals surface area contributed by atoms with Crippen LogP contribution in [0, 0.1) is 12.7 Å². The molecule has 1 aliphatic heterocycles. The van der Waals surface area contributed by atoms with Crippen molar-refractivity contribution in [3.8, 4) is 5.69 Å². The van der Waals surface area contributed by atoms with Gasteiger partial charge >= 0.3 is 0 Å². The van der Waals surface area contributed by atoms with Crippen molar-refractivity contribution in [2.45, 2.75) is 39.8 Å². The minimum Gasteiger partial charge on any atom is -0.361 e. The zero-order chi connectivity index (χ0) is 22.0. The molecule has 0 unspecified atom stereocenters. The van der Waals surface area contributed by atoms with Crippen LogP contribution in [-0.4, -0.2) is 47.4 Å². The molecule has 31 heavy (non-hydrogen) atoms. The maximum atomic E-state index is 14.1. The molecule has 0 atom stereocenters. The van der Waals surface area contributed by atoms with E-state index in [1.54, 1.807) is 6.07 Å². The molecule has 3 heterocycles. The van der Waals surface area contributed by atoms with Crippen LogP contribution >= 0.6 is 0 Å². The van der Waals surface area contributed by atoms with Crippen LogP contribution in [0.25, 0.3) is 22.7 Å². The van der Waals surface area contributed by atoms with Crippen molar-refractivity contribution in [2.75, 3.05) is 26.9 Å². The van der Waals surface area contributed by atoms with E-state index in [4.69, 9.17) is 4.74 Å². The first-order valence-corrected chi connectivity index (χ1v) is 10.9. The van der Waals surface area contributed by atoms with E-state index >= 15 is 0 Å². The van der Waals surface area contributed by atoms with Gasteiger partial charge in [0.2, 0.25) is 0 Å². The summed E-state index contributed by atoms with van der Waals surface area (Å²) in [4.78, 5) is 6.54. The van der Waals surface area contributed by atoms with Crippen LogP contribution in [-0.2, 0) is 11.3 Å². The third kappa shape index (κ3) is 4.71. The minimum absolute atomic E-state index is 0.260. The maximum Gasteiger partial charge on any atom is 0.123 e. The Morgan fingerprint density at radius 1 is 1.32 bits per heavy atom. The van der Waals surface area contributed by atoms with E-state index in [1.807, 2.05) is 25.5 Å². The van der Waals surface area contributed by atoms with Crippen molar-refractivity contribution in [2.24, 2.45) is 0 Å². The predicted octanol–water partition coefficient (Wildman–Crippen LogP) is 4.66. The molecular weight excluding hydrogens is 391 g/mol. The molecule has 6 heteroatoms. The van der Waals surface area contributed by atoms with Gasteiger partial charge in [-0.1, -0.05) is 11.6 Å². The fourth-order valence-electron chi connectivity index (χ4n) is 3.97. The number of nitrogens with one attached hydrogen (secondary N) is 1. The highest BCUT2D eigenvalue weighted by molar-refractivity contribution is 5.93. The molecule has 1 aliphatic rings. The minimum atomic E-state index is -0.260. The fourth-order valence-corrected chi connectivity index (χ4v) is 3.97. The highest BCUT2D eigenvalue weighted by Crippen LogP contribution is 2.31. The van der Waals surface area contributed by atoms with Gasteiger partial charge in [0.25, 0.3) is 0 Å². The van der Waals surface area contributed by atoms with Gasteiger partial charge in [0, 0.05) is 41.5 Å². The maximum absolute atomic E-state index is 14.1. The van der Waals surface area contributed by atoms with E-state index < -0.39 is 0 Å². The Hall–Kier alpha value is -2.54. The van der Waals surface area contributed by atoms with Gasteiger partial charge in [-0.3, -0.25) is 9.88 Å². The Labute approximate surface area is 183 Å². The van der Waals surface area contributed by atoms with Crippen molar-refractivity contribution in [1.29, 1.82) is 0 Å². The second kappa shape index (κ2) is 9.30. The van der Waals surface area contributed by atoms with Crippen LogP contribution in [0.2, 0.25) is 0 Å². The average molecular weight is 423 g/mol. The van der Waals surface area contributed by atoms with E-state index in [1.165, 1.54) is 22.6 Å². The summed E-state index contributed by atoms with van der Waals surface area (Å²) in [5.74, 6) is -0.260. The largest absolute Gasteiger partial charge is 0.361 e. The van der Waals surface area contributed by atoms with Crippen LogP contribution in [0.1, 0.15) is 37.0 Å². The van der Waals surface area contributed by atoms with E-state index in [-0.39, 0.29) is 5.82 Å². The number of aryl methyl sites for hydroxylation is 1. The van der Waals surface area contributed by atoms with E-state index in [2.05, 4.69) is 52.8 Å². The molecule has 0 aliphatic carbocycles. The molecule has 0 amide bonds. The summed E-state index contributed by atoms with van der Waals surface area (Å²) in [5, 5.41) is 4.58. The van der Waals surface area contributed by atoms with Gasteiger partial charge in [-0.05, 0) is 64.5 Å². The van der Waals surface area contributed by atoms with Gasteiger partial charge in [-0.25, -0.2) is 4.39 Å². The molecule has 0 saturated carbocycles. The number of hydrogen-bond donors (Lipinski definition) is 1. The lowest BCUT2D eigenvalue weighted by atomic mass is 10.1. The quantitative estimate of drug-likeness (QED) is 0.562. The van der Waals surface area contributed by atoms with E-state index in [0.29, 0.717) is 19.4 Å². The second-order valence-electron chi connectivity index (χ2n) is 8.64. The molecule has 0 bridgehead atoms. The smallest absolute Gasteiger partial charge is 0.123 e. The van der Waals surface area contributed by atoms with Crippen molar-refractivity contribution in [3.63, 3.8) is 0 Å². The second-order valence-corrected chi connectivity index (χ2v) is 8.64. The third-order valence-corrected chi connectivity index (χ3v) is 6.00. The van der Waals surface area contributed by atoms with Crippen LogP contribution in [0.15, 0.2) is 42.4 Å². The lowest BCUT2D eigenvalue weighted by Gasteiger charge is -2.21. The lowest BCUT2D eigenvalue weighted by molar-refractivity contribution is 0.0181. The molecule has 1 saturated heterocycles. The Balaban J connectivity index is 1.75. The lowest BCUT2D eigenvalue weighted by Crippen LogP contribution is -2.28. The van der Waals surface area contributed by atoms with E-state index in [9.17, 15) is 4.39 Å². The van der Waals surface area contributed by atoms with E-state index in [0.717, 1.165) is 41.8 Å². The first-order chi connectivity index (χ1) is 14.9. The molecule has 3 aromatic rings. The summed E-state index contributed by atoms with van der Waals surface area (Å²) in [6.07, 6.45) is 9.27. The van der Waals surface area contributed by atoms with Gasteiger partial charge in [0.1, 0.15) is 5.82 Å². The predicted molar refractivity (Wildman–Crippen MR) is 124 cm³/mol. The monoisotopic (exact) mass is 422 g/mol. The molecule has 2 aromatic heterocycles. The normalized spacial score (nSPS) is 15.8. The summed E-state index contributed by atoms with van der Waals surface area (Å²) < 4.78 is 22.2. The molecular formula is C25H31FN4O. The Kier molecular flexibility index (Phi) is 6.51. The topological polar surface area (TPSA) is 42.3 Å². The molecule has 5 nitrogen and oxygen atoms in total.